The smallest absolute Gasteiger partial charge is 0.337 e. The molecule has 3 N–H and O–H groups in total. The van der Waals surface area contributed by atoms with Crippen LogP contribution in [0.3, 0.4) is 0 Å². The number of carbonyl (C=O) groups is 2. The highest BCUT2D eigenvalue weighted by Gasteiger charge is 2.08. The van der Waals surface area contributed by atoms with Crippen molar-refractivity contribution in [3.63, 3.8) is 0 Å². The van der Waals surface area contributed by atoms with Gasteiger partial charge in [-0.25, -0.2) is 4.79 Å². The van der Waals surface area contributed by atoms with Gasteiger partial charge in [0.25, 0.3) is 0 Å². The number of aromatic carboxylic acids is 1. The van der Waals surface area contributed by atoms with Gasteiger partial charge in [-0.3, -0.25) is 4.79 Å². The average molecular weight is 295 g/mol. The summed E-state index contributed by atoms with van der Waals surface area (Å²) in [6.45, 7) is 2.69. The van der Waals surface area contributed by atoms with Crippen molar-refractivity contribution in [2.75, 3.05) is 18.9 Å². The normalized spacial score (nSPS) is 10.1. The molecular weight excluding hydrogens is 274 g/mol. The highest BCUT2D eigenvalue weighted by molar-refractivity contribution is 5.93. The van der Waals surface area contributed by atoms with Crippen LogP contribution in [0.1, 0.15) is 43.0 Å². The summed E-state index contributed by atoms with van der Waals surface area (Å²) in [5.41, 5.74) is 5.87. The first kappa shape index (κ1) is 16.8. The Balaban J connectivity index is 2.23. The van der Waals surface area contributed by atoms with Crippen molar-refractivity contribution >= 4 is 17.6 Å². The standard InChI is InChI=1S/C15H21NO5/c1-2-20-14(17)6-4-3-5-9-21-11-7-8-12(15(18)19)13(16)10-11/h7-8,10H,2-6,9,16H2,1H3,(H,18,19). The monoisotopic (exact) mass is 295 g/mol. The lowest BCUT2D eigenvalue weighted by molar-refractivity contribution is -0.143. The van der Waals surface area contributed by atoms with Crippen LogP contribution >= 0.6 is 0 Å². The Morgan fingerprint density at radius 3 is 2.62 bits per heavy atom. The van der Waals surface area contributed by atoms with Crippen LogP contribution in [0.4, 0.5) is 5.69 Å². The molecule has 6 heteroatoms. The number of nitrogens with two attached hydrogens (primary N) is 1. The van der Waals surface area contributed by atoms with E-state index in [4.69, 9.17) is 20.3 Å². The zero-order chi connectivity index (χ0) is 15.7. The van der Waals surface area contributed by atoms with Crippen molar-refractivity contribution in [3.05, 3.63) is 23.8 Å². The number of hydrogen-bond donors (Lipinski definition) is 2. The highest BCUT2D eigenvalue weighted by Crippen LogP contribution is 2.20. The summed E-state index contributed by atoms with van der Waals surface area (Å²) in [5.74, 6) is -0.684. The van der Waals surface area contributed by atoms with E-state index in [1.807, 2.05) is 0 Å². The zero-order valence-corrected chi connectivity index (χ0v) is 12.1. The fourth-order valence-corrected chi connectivity index (χ4v) is 1.80. The van der Waals surface area contributed by atoms with Gasteiger partial charge in [0.2, 0.25) is 0 Å². The summed E-state index contributed by atoms with van der Waals surface area (Å²) in [5, 5.41) is 8.85. The molecule has 0 saturated carbocycles. The van der Waals surface area contributed by atoms with Crippen LogP contribution in [0.5, 0.6) is 5.75 Å². The topological polar surface area (TPSA) is 98.8 Å². The van der Waals surface area contributed by atoms with Crippen LogP contribution in [0.2, 0.25) is 0 Å². The molecule has 0 spiro atoms. The van der Waals surface area contributed by atoms with Crippen molar-refractivity contribution in [1.82, 2.24) is 0 Å². The minimum absolute atomic E-state index is 0.0665. The Morgan fingerprint density at radius 2 is 2.00 bits per heavy atom. The Bertz CT molecular complexity index is 487. The summed E-state index contributed by atoms with van der Waals surface area (Å²) in [6.07, 6.45) is 2.86. The maximum Gasteiger partial charge on any atom is 0.337 e. The molecule has 1 aromatic rings. The molecule has 0 aromatic heterocycles. The van der Waals surface area contributed by atoms with E-state index in [1.54, 1.807) is 13.0 Å². The molecule has 0 bridgehead atoms. The predicted molar refractivity (Wildman–Crippen MR) is 78.4 cm³/mol. The van der Waals surface area contributed by atoms with Crippen molar-refractivity contribution in [1.29, 1.82) is 0 Å². The van der Waals surface area contributed by atoms with Crippen LogP contribution < -0.4 is 10.5 Å². The first-order valence-electron chi connectivity index (χ1n) is 6.95. The lowest BCUT2D eigenvalue weighted by atomic mass is 10.2. The molecule has 0 atom stereocenters. The zero-order valence-electron chi connectivity index (χ0n) is 12.1. The van der Waals surface area contributed by atoms with E-state index in [0.717, 1.165) is 19.3 Å². The van der Waals surface area contributed by atoms with Crippen LogP contribution in [-0.2, 0) is 9.53 Å². The molecule has 0 unspecified atom stereocenters. The van der Waals surface area contributed by atoms with E-state index in [-0.39, 0.29) is 17.2 Å². The number of anilines is 1. The van der Waals surface area contributed by atoms with Crippen molar-refractivity contribution in [3.8, 4) is 5.75 Å². The third-order valence-electron chi connectivity index (χ3n) is 2.85. The molecule has 21 heavy (non-hydrogen) atoms. The molecular formula is C15H21NO5. The Hall–Kier alpha value is -2.24. The van der Waals surface area contributed by atoms with Gasteiger partial charge in [0.05, 0.1) is 18.8 Å². The lowest BCUT2D eigenvalue weighted by Crippen LogP contribution is -2.05. The molecule has 1 rings (SSSR count). The van der Waals surface area contributed by atoms with Crippen LogP contribution in [0.25, 0.3) is 0 Å². The van der Waals surface area contributed by atoms with Gasteiger partial charge in [-0.15, -0.1) is 0 Å². The van der Waals surface area contributed by atoms with Gasteiger partial charge in [-0.1, -0.05) is 0 Å². The number of nitrogen functional groups attached to an aromatic ring is 1. The van der Waals surface area contributed by atoms with Crippen molar-refractivity contribution in [2.24, 2.45) is 0 Å². The molecule has 1 aromatic carbocycles. The maximum absolute atomic E-state index is 11.1. The van der Waals surface area contributed by atoms with E-state index >= 15 is 0 Å². The van der Waals surface area contributed by atoms with E-state index in [9.17, 15) is 9.59 Å². The number of benzene rings is 1. The van der Waals surface area contributed by atoms with Gasteiger partial charge in [0.1, 0.15) is 5.75 Å². The van der Waals surface area contributed by atoms with E-state index < -0.39 is 5.97 Å². The average Bonchev–Trinajstić information content (AvgIpc) is 2.42. The van der Waals surface area contributed by atoms with Gasteiger partial charge < -0.3 is 20.3 Å². The number of carboxylic acid groups (broad SMARTS) is 1. The molecule has 0 amide bonds. The number of hydrogen-bond acceptors (Lipinski definition) is 5. The largest absolute Gasteiger partial charge is 0.494 e. The quantitative estimate of drug-likeness (QED) is 0.412. The van der Waals surface area contributed by atoms with Crippen molar-refractivity contribution < 1.29 is 24.2 Å². The SMILES string of the molecule is CCOC(=O)CCCCCOc1ccc(C(=O)O)c(N)c1. The number of carbonyl (C=O) groups excluding carboxylic acids is 1. The highest BCUT2D eigenvalue weighted by atomic mass is 16.5. The van der Waals surface area contributed by atoms with Gasteiger partial charge in [0, 0.05) is 18.2 Å². The summed E-state index contributed by atoms with van der Waals surface area (Å²) in [4.78, 5) is 21.9. The fraction of sp³-hybridized carbons (Fsp3) is 0.467. The van der Waals surface area contributed by atoms with Gasteiger partial charge >= 0.3 is 11.9 Å². The van der Waals surface area contributed by atoms with Crippen LogP contribution in [0.15, 0.2) is 18.2 Å². The first-order valence-corrected chi connectivity index (χ1v) is 6.95. The number of esters is 1. The third kappa shape index (κ3) is 6.16. The van der Waals surface area contributed by atoms with Gasteiger partial charge in [0.15, 0.2) is 0 Å². The Kier molecular flexibility index (Phi) is 7.08. The van der Waals surface area contributed by atoms with Crippen molar-refractivity contribution in [2.45, 2.75) is 32.6 Å². The van der Waals surface area contributed by atoms with Crippen LogP contribution in [-0.4, -0.2) is 30.3 Å². The summed E-state index contributed by atoms with van der Waals surface area (Å²) in [7, 11) is 0. The van der Waals surface area contributed by atoms with E-state index in [2.05, 4.69) is 0 Å². The van der Waals surface area contributed by atoms with Gasteiger partial charge in [-0.05, 0) is 38.3 Å². The summed E-state index contributed by atoms with van der Waals surface area (Å²) in [6, 6.07) is 4.51. The molecule has 0 fully saturated rings. The van der Waals surface area contributed by atoms with Gasteiger partial charge in [-0.2, -0.15) is 0 Å². The minimum atomic E-state index is -1.06. The predicted octanol–water partition coefficient (Wildman–Crippen LogP) is 2.47. The second-order valence-corrected chi connectivity index (χ2v) is 4.52. The molecule has 0 heterocycles. The molecule has 0 radical (unpaired) electrons. The number of ether oxygens (including phenoxy) is 2. The Morgan fingerprint density at radius 1 is 1.24 bits per heavy atom. The minimum Gasteiger partial charge on any atom is -0.494 e. The molecule has 0 aliphatic carbocycles. The van der Waals surface area contributed by atoms with Crippen LogP contribution in [0, 0.1) is 0 Å². The molecule has 0 aliphatic rings. The first-order chi connectivity index (χ1) is 10.0. The Labute approximate surface area is 123 Å². The molecule has 0 aliphatic heterocycles. The second-order valence-electron chi connectivity index (χ2n) is 4.52. The number of carboxylic acids is 1. The summed E-state index contributed by atoms with van der Waals surface area (Å²) >= 11 is 0. The number of unbranched alkanes of at least 4 members (excludes halogenated alkanes) is 2. The molecule has 6 nitrogen and oxygen atoms in total. The second kappa shape index (κ2) is 8.84. The fourth-order valence-electron chi connectivity index (χ4n) is 1.80. The molecule has 116 valence electrons. The van der Waals surface area contributed by atoms with E-state index in [0.29, 0.717) is 25.4 Å². The molecule has 0 saturated heterocycles. The summed E-state index contributed by atoms with van der Waals surface area (Å²) < 4.78 is 10.3. The lowest BCUT2D eigenvalue weighted by Gasteiger charge is -2.08. The van der Waals surface area contributed by atoms with E-state index in [1.165, 1.54) is 12.1 Å². The number of rotatable bonds is 9. The third-order valence-corrected chi connectivity index (χ3v) is 2.85. The maximum atomic E-state index is 11.1.